The second-order valence-corrected chi connectivity index (χ2v) is 19.2. The predicted molar refractivity (Wildman–Crippen MR) is 288 cm³/mol. The summed E-state index contributed by atoms with van der Waals surface area (Å²) in [7, 11) is 0. The Kier molecular flexibility index (Phi) is 11.3. The molecule has 0 aliphatic rings. The Labute approximate surface area is 438 Å². The van der Waals surface area contributed by atoms with E-state index in [2.05, 4.69) is 26.0 Å². The van der Waals surface area contributed by atoms with E-state index in [1.807, 2.05) is 137 Å². The first kappa shape index (κ1) is 48.2. The van der Waals surface area contributed by atoms with E-state index in [0.717, 1.165) is 55.9 Å². The summed E-state index contributed by atoms with van der Waals surface area (Å²) in [5.74, 6) is 6.46. The van der Waals surface area contributed by atoms with Crippen LogP contribution in [0.25, 0.3) is 112 Å². The first-order valence-corrected chi connectivity index (χ1v) is 24.6. The van der Waals surface area contributed by atoms with Crippen molar-refractivity contribution in [2.45, 2.75) is 68.5 Å². The Morgan fingerprint density at radius 1 is 0.351 bits per heavy atom. The highest BCUT2D eigenvalue weighted by Crippen LogP contribution is 2.44. The lowest BCUT2D eigenvalue weighted by atomic mass is 9.96. The summed E-state index contributed by atoms with van der Waals surface area (Å²) < 4.78 is 48.3. The number of nitriles is 1. The van der Waals surface area contributed by atoms with Gasteiger partial charge in [0.2, 0.25) is 0 Å². The van der Waals surface area contributed by atoms with Gasteiger partial charge in [-0.15, -0.1) is 0 Å². The topological polar surface area (TPSA) is 188 Å². The molecule has 12 aromatic rings. The molecule has 0 spiro atoms. The predicted octanol–water partition coefficient (Wildman–Crippen LogP) is 12.6. The molecule has 6 aromatic carbocycles. The van der Waals surface area contributed by atoms with Crippen molar-refractivity contribution in [3.63, 3.8) is 0 Å². The van der Waals surface area contributed by atoms with Gasteiger partial charge in [0.15, 0.2) is 23.3 Å². The number of aryl methyl sites for hydroxylation is 9. The Bertz CT molecular complexity index is 3990. The Hall–Kier alpha value is -9.76. The van der Waals surface area contributed by atoms with Gasteiger partial charge in [0, 0.05) is 43.8 Å². The van der Waals surface area contributed by atoms with E-state index in [1.54, 1.807) is 25.1 Å². The van der Waals surface area contributed by atoms with Gasteiger partial charge in [-0.25, -0.2) is 59.8 Å². The number of hydrogen-bond donors (Lipinski definition) is 0. The monoisotopic (exact) mass is 1020 g/mol. The zero-order valence-electron chi connectivity index (χ0n) is 43.2. The minimum atomic E-state index is -4.64. The van der Waals surface area contributed by atoms with Crippen molar-refractivity contribution < 1.29 is 13.2 Å². The van der Waals surface area contributed by atoms with Crippen LogP contribution in [0.1, 0.15) is 63.3 Å². The third kappa shape index (κ3) is 8.60. The fraction of sp³-hybridized carbons (Fsp3) is 0.169. The highest BCUT2D eigenvalue weighted by molar-refractivity contribution is 6.13. The van der Waals surface area contributed by atoms with Gasteiger partial charge in [0.25, 0.3) is 0 Å². The second kappa shape index (κ2) is 18.0. The van der Waals surface area contributed by atoms with Gasteiger partial charge in [-0.3, -0.25) is 0 Å². The molecule has 0 unspecified atom stereocenters. The molecular weight excluding hydrogens is 976 g/mol. The molecule has 0 amide bonds. The molecule has 0 saturated heterocycles. The zero-order chi connectivity index (χ0) is 53.8. The average molecular weight is 1020 g/mol. The average Bonchev–Trinajstić information content (AvgIpc) is 4.08. The molecule has 376 valence electrons. The van der Waals surface area contributed by atoms with Crippen LogP contribution in [0.15, 0.2) is 103 Å². The third-order valence-corrected chi connectivity index (χ3v) is 13.4. The molecule has 6 aromatic heterocycles. The van der Waals surface area contributed by atoms with E-state index >= 15 is 0 Å². The lowest BCUT2D eigenvalue weighted by molar-refractivity contribution is -0.137. The van der Waals surface area contributed by atoms with Gasteiger partial charge in [-0.05, 0) is 176 Å². The van der Waals surface area contributed by atoms with E-state index in [1.165, 1.54) is 0 Å². The molecule has 0 fully saturated rings. The van der Waals surface area contributed by atoms with Crippen molar-refractivity contribution in [2.75, 3.05) is 0 Å². The Morgan fingerprint density at radius 3 is 0.909 bits per heavy atom. The van der Waals surface area contributed by atoms with Crippen molar-refractivity contribution >= 4 is 43.6 Å². The third-order valence-electron chi connectivity index (χ3n) is 13.4. The normalized spacial score (nSPS) is 11.9. The maximum Gasteiger partial charge on any atom is 0.416 e. The van der Waals surface area contributed by atoms with Crippen LogP contribution in [0.2, 0.25) is 0 Å². The van der Waals surface area contributed by atoms with E-state index in [9.17, 15) is 18.4 Å². The van der Waals surface area contributed by atoms with Gasteiger partial charge in [0.1, 0.15) is 58.2 Å². The summed E-state index contributed by atoms with van der Waals surface area (Å²) in [6.07, 6.45) is -4.64. The summed E-state index contributed by atoms with van der Waals surface area (Å²) in [5.41, 5.74) is 7.17. The van der Waals surface area contributed by atoms with E-state index in [0.29, 0.717) is 120 Å². The SMILES string of the molecule is Cc1cc(-c2cc(-n3c4ccc(-c5nc(C)nc(C)n5)cc4c4cc(-c5nc(C)nc(C)n5)ccc43)c(C#N)c(-n3c4ccc(-c5nc(C)nc(C)n5)cc4c4cc(-c5nc(C)nc(C)n5)ccc43)c2)cc(C(F)(F)F)c1. The number of hydrogen-bond acceptors (Lipinski definition) is 13. The van der Waals surface area contributed by atoms with Crippen LogP contribution in [0, 0.1) is 73.6 Å². The number of halogens is 3. The molecule has 0 radical (unpaired) electrons. The van der Waals surface area contributed by atoms with Crippen LogP contribution in [0.3, 0.4) is 0 Å². The van der Waals surface area contributed by atoms with Crippen LogP contribution in [-0.4, -0.2) is 68.9 Å². The molecule has 0 bridgehead atoms. The number of nitrogens with zero attached hydrogens (tertiary/aromatic N) is 15. The molecule has 0 atom stereocenters. The van der Waals surface area contributed by atoms with Crippen molar-refractivity contribution in [3.05, 3.63) is 166 Å². The van der Waals surface area contributed by atoms with Crippen molar-refractivity contribution in [2.24, 2.45) is 0 Å². The van der Waals surface area contributed by atoms with Crippen LogP contribution in [-0.2, 0) is 6.18 Å². The van der Waals surface area contributed by atoms with Gasteiger partial charge >= 0.3 is 6.18 Å². The number of aromatic nitrogens is 14. The summed E-state index contributed by atoms with van der Waals surface area (Å²) >= 11 is 0. The van der Waals surface area contributed by atoms with E-state index < -0.39 is 11.7 Å². The minimum absolute atomic E-state index is 0.247. The number of rotatable bonds is 7. The first-order chi connectivity index (χ1) is 36.8. The second-order valence-electron chi connectivity index (χ2n) is 19.2. The number of benzene rings is 6. The van der Waals surface area contributed by atoms with Crippen LogP contribution in [0.4, 0.5) is 13.2 Å². The smallest absolute Gasteiger partial charge is 0.308 e. The molecule has 0 aliphatic heterocycles. The number of alkyl halides is 3. The lowest BCUT2D eigenvalue weighted by Gasteiger charge is -2.19. The molecule has 77 heavy (non-hydrogen) atoms. The Balaban J connectivity index is 1.20. The maximum atomic E-state index is 14.8. The van der Waals surface area contributed by atoms with Crippen molar-refractivity contribution in [3.8, 4) is 74.1 Å². The van der Waals surface area contributed by atoms with Gasteiger partial charge < -0.3 is 9.13 Å². The summed E-state index contributed by atoms with van der Waals surface area (Å²) in [6, 6.07) is 33.8. The molecule has 15 nitrogen and oxygen atoms in total. The first-order valence-electron chi connectivity index (χ1n) is 24.6. The van der Waals surface area contributed by atoms with Crippen molar-refractivity contribution in [1.29, 1.82) is 5.26 Å². The highest BCUT2D eigenvalue weighted by Gasteiger charge is 2.32. The largest absolute Gasteiger partial charge is 0.416 e. The standard InChI is InChI=1S/C59H44F3N15/c1-28-18-41(20-43(19-28)59(60,61)62)42-25-53(76-49-14-10-37(55-68-29(2)64-30(3)69-55)21-44(49)45-22-38(11-15-50(45)76)56-70-31(4)65-32(5)71-56)48(27-63)54(26-42)77-51-16-12-39(57-72-33(6)66-34(7)73-57)23-46(51)47-24-40(13-17-52(47)77)58-74-35(8)67-36(9)75-58/h10-26H,1-9H3. The molecule has 12 rings (SSSR count). The van der Waals surface area contributed by atoms with Gasteiger partial charge in [-0.1, -0.05) is 6.07 Å². The highest BCUT2D eigenvalue weighted by atomic mass is 19.4. The minimum Gasteiger partial charge on any atom is -0.308 e. The molecule has 0 N–H and O–H groups in total. The molecule has 0 aliphatic carbocycles. The summed E-state index contributed by atoms with van der Waals surface area (Å²) in [4.78, 5) is 55.2. The van der Waals surface area contributed by atoms with Crippen molar-refractivity contribution in [1.82, 2.24) is 68.9 Å². The molecular formula is C59H44F3N15. The van der Waals surface area contributed by atoms with Gasteiger partial charge in [0.05, 0.1) is 39.0 Å². The summed E-state index contributed by atoms with van der Waals surface area (Å²) in [6.45, 7) is 16.2. The Morgan fingerprint density at radius 2 is 0.636 bits per heavy atom. The molecule has 18 heteroatoms. The summed E-state index contributed by atoms with van der Waals surface area (Å²) in [5, 5.41) is 14.9. The quantitative estimate of drug-likeness (QED) is 0.147. The van der Waals surface area contributed by atoms with E-state index in [4.69, 9.17) is 39.9 Å². The lowest BCUT2D eigenvalue weighted by Crippen LogP contribution is -2.07. The van der Waals surface area contributed by atoms with E-state index in [-0.39, 0.29) is 5.56 Å². The molecule has 6 heterocycles. The zero-order valence-corrected chi connectivity index (χ0v) is 43.2. The molecule has 0 saturated carbocycles. The number of fused-ring (bicyclic) bond motifs is 6. The van der Waals surface area contributed by atoms with Crippen LogP contribution >= 0.6 is 0 Å². The fourth-order valence-corrected chi connectivity index (χ4v) is 10.5. The van der Waals surface area contributed by atoms with Crippen LogP contribution < -0.4 is 0 Å². The van der Waals surface area contributed by atoms with Gasteiger partial charge in [-0.2, -0.15) is 18.4 Å². The maximum absolute atomic E-state index is 14.8. The fourth-order valence-electron chi connectivity index (χ4n) is 10.5. The van der Waals surface area contributed by atoms with Crippen LogP contribution in [0.5, 0.6) is 0 Å².